The predicted molar refractivity (Wildman–Crippen MR) is 52.4 cm³/mol. The number of nitrogens with zero attached hydrogens (tertiary/aromatic N) is 2. The van der Waals surface area contributed by atoms with Crippen LogP contribution in [0.25, 0.3) is 0 Å². The molecule has 1 aliphatic heterocycles. The predicted octanol–water partition coefficient (Wildman–Crippen LogP) is 0.0809. The summed E-state index contributed by atoms with van der Waals surface area (Å²) in [6, 6.07) is 0. The molecule has 1 atom stereocenters. The van der Waals surface area contributed by atoms with Crippen molar-refractivity contribution in [2.24, 2.45) is 0 Å². The number of H-pyrrole nitrogens is 1. The maximum atomic E-state index is 12.0. The second kappa shape index (κ2) is 3.69. The zero-order valence-electron chi connectivity index (χ0n) is 8.79. The van der Waals surface area contributed by atoms with Crippen molar-refractivity contribution in [1.82, 2.24) is 14.8 Å². The highest BCUT2D eigenvalue weighted by Gasteiger charge is 2.24. The fourth-order valence-electron chi connectivity index (χ4n) is 2.17. The first kappa shape index (κ1) is 10.2. The maximum Gasteiger partial charge on any atom is 0.310 e. The number of rotatable bonds is 1. The third-order valence-corrected chi connectivity index (χ3v) is 2.87. The number of fused-ring (bicyclic) bond motifs is 1. The van der Waals surface area contributed by atoms with E-state index in [1.807, 2.05) is 14.0 Å². The van der Waals surface area contributed by atoms with Gasteiger partial charge in [-0.2, -0.15) is 5.04 Å². The van der Waals surface area contributed by atoms with E-state index >= 15 is 0 Å². The molecule has 15 heavy (non-hydrogen) atoms. The van der Waals surface area contributed by atoms with Gasteiger partial charge in [-0.3, -0.25) is 9.89 Å². The van der Waals surface area contributed by atoms with E-state index in [0.717, 1.165) is 18.8 Å². The molecule has 0 bridgehead atoms. The summed E-state index contributed by atoms with van der Waals surface area (Å²) in [6.07, 6.45) is 0.710. The summed E-state index contributed by atoms with van der Waals surface area (Å²) in [5, 5.41) is 6.07. The van der Waals surface area contributed by atoms with E-state index in [4.69, 9.17) is 0 Å². The molecule has 0 saturated heterocycles. The number of hydrogen-bond donors (Lipinski definition) is 1. The molecule has 0 saturated carbocycles. The van der Waals surface area contributed by atoms with Crippen molar-refractivity contribution in [3.63, 3.8) is 0 Å². The van der Waals surface area contributed by atoms with Gasteiger partial charge in [-0.15, -0.1) is 0 Å². The van der Waals surface area contributed by atoms with E-state index in [1.54, 1.807) is 0 Å². The third-order valence-electron chi connectivity index (χ3n) is 2.87. The van der Waals surface area contributed by atoms with Crippen molar-refractivity contribution in [2.75, 3.05) is 20.1 Å². The van der Waals surface area contributed by atoms with E-state index in [9.17, 15) is 9.32 Å². The van der Waals surface area contributed by atoms with Crippen LogP contribution >= 0.6 is 0 Å². The van der Waals surface area contributed by atoms with Gasteiger partial charge in [0.05, 0.1) is 0 Å². The normalized spacial score (nSPS) is 22.2. The SMILES string of the molecule is CC1CN(C)CCc2[nH]n(OF)c(=O)c21. The largest absolute Gasteiger partial charge is 0.310 e. The monoisotopic (exact) mass is 215 g/mol. The molecule has 1 N–H and O–H groups in total. The van der Waals surface area contributed by atoms with E-state index in [1.165, 1.54) is 0 Å². The van der Waals surface area contributed by atoms with E-state index in [-0.39, 0.29) is 5.92 Å². The lowest BCUT2D eigenvalue weighted by molar-refractivity contribution is -0.155. The molecule has 1 aromatic rings. The standard InChI is InChI=1S/C9H14FN3O2/c1-6-5-12(2)4-3-7-8(6)9(14)13(11-7)15-10/h6,11H,3-5H2,1-2H3. The van der Waals surface area contributed by atoms with Gasteiger partial charge in [0, 0.05) is 41.2 Å². The Morgan fingerprint density at radius 2 is 2.33 bits per heavy atom. The fourth-order valence-corrected chi connectivity index (χ4v) is 2.17. The lowest BCUT2D eigenvalue weighted by Gasteiger charge is -2.15. The Balaban J connectivity index is 2.46. The van der Waals surface area contributed by atoms with Gasteiger partial charge >= 0.3 is 5.56 Å². The van der Waals surface area contributed by atoms with Crippen LogP contribution in [0.1, 0.15) is 24.1 Å². The molecule has 0 radical (unpaired) electrons. The minimum Gasteiger partial charge on any atom is -0.305 e. The van der Waals surface area contributed by atoms with E-state index < -0.39 is 5.56 Å². The molecule has 1 aromatic heterocycles. The molecular formula is C9H14FN3O2. The van der Waals surface area contributed by atoms with Crippen LogP contribution in [0.5, 0.6) is 0 Å². The molecule has 84 valence electrons. The van der Waals surface area contributed by atoms with Crippen LogP contribution < -0.4 is 10.6 Å². The van der Waals surface area contributed by atoms with Gasteiger partial charge in [0.2, 0.25) is 0 Å². The summed E-state index contributed by atoms with van der Waals surface area (Å²) in [7, 11) is 2.01. The summed E-state index contributed by atoms with van der Waals surface area (Å²) in [6.45, 7) is 3.61. The van der Waals surface area contributed by atoms with Gasteiger partial charge in [-0.25, -0.2) is 0 Å². The molecule has 1 aliphatic rings. The van der Waals surface area contributed by atoms with Gasteiger partial charge < -0.3 is 4.90 Å². The zero-order valence-corrected chi connectivity index (χ0v) is 8.79. The summed E-state index contributed by atoms with van der Waals surface area (Å²) in [5.41, 5.74) is 0.988. The van der Waals surface area contributed by atoms with E-state index in [2.05, 4.69) is 15.0 Å². The molecular weight excluding hydrogens is 201 g/mol. The highest BCUT2D eigenvalue weighted by Crippen LogP contribution is 2.19. The lowest BCUT2D eigenvalue weighted by Crippen LogP contribution is -2.27. The van der Waals surface area contributed by atoms with Crippen molar-refractivity contribution in [2.45, 2.75) is 19.3 Å². The van der Waals surface area contributed by atoms with Crippen molar-refractivity contribution in [1.29, 1.82) is 0 Å². The number of aromatic amines is 1. The molecule has 2 heterocycles. The molecule has 0 amide bonds. The third kappa shape index (κ3) is 1.65. The topological polar surface area (TPSA) is 50.3 Å². The van der Waals surface area contributed by atoms with E-state index in [0.29, 0.717) is 16.8 Å². The molecule has 1 unspecified atom stereocenters. The molecule has 2 rings (SSSR count). The van der Waals surface area contributed by atoms with Gasteiger partial charge in [0.25, 0.3) is 0 Å². The minimum absolute atomic E-state index is 0.0904. The van der Waals surface area contributed by atoms with Crippen LogP contribution in [-0.2, 0) is 6.42 Å². The fraction of sp³-hybridized carbons (Fsp3) is 0.667. The molecule has 0 aliphatic carbocycles. The van der Waals surface area contributed by atoms with Crippen LogP contribution in [0.2, 0.25) is 0 Å². The Bertz CT molecular complexity index is 412. The van der Waals surface area contributed by atoms with Crippen molar-refractivity contribution >= 4 is 0 Å². The zero-order chi connectivity index (χ0) is 11.0. The summed E-state index contributed by atoms with van der Waals surface area (Å²) in [4.78, 5) is 14.4. The van der Waals surface area contributed by atoms with Crippen LogP contribution in [0.3, 0.4) is 0 Å². The Labute approximate surface area is 86.3 Å². The van der Waals surface area contributed by atoms with Crippen LogP contribution in [0.15, 0.2) is 4.79 Å². The van der Waals surface area contributed by atoms with Crippen LogP contribution in [0, 0.1) is 0 Å². The average Bonchev–Trinajstić information content (AvgIpc) is 2.43. The lowest BCUT2D eigenvalue weighted by atomic mass is 10.0. The number of aromatic nitrogens is 2. The molecule has 0 spiro atoms. The number of halogens is 1. The second-order valence-corrected chi connectivity index (χ2v) is 4.09. The van der Waals surface area contributed by atoms with Gasteiger partial charge in [-0.1, -0.05) is 6.92 Å². The van der Waals surface area contributed by atoms with Gasteiger partial charge in [0.1, 0.15) is 0 Å². The number of nitrogens with one attached hydrogen (secondary N) is 1. The summed E-state index contributed by atoms with van der Waals surface area (Å²) in [5.74, 6) is 0.0904. The molecule has 5 nitrogen and oxygen atoms in total. The summed E-state index contributed by atoms with van der Waals surface area (Å²) >= 11 is 0. The molecule has 0 fully saturated rings. The first-order valence-corrected chi connectivity index (χ1v) is 4.95. The maximum absolute atomic E-state index is 12.0. The first-order valence-electron chi connectivity index (χ1n) is 4.95. The quantitative estimate of drug-likeness (QED) is 0.721. The average molecular weight is 215 g/mol. The second-order valence-electron chi connectivity index (χ2n) is 4.09. The Morgan fingerprint density at radius 3 is 3.00 bits per heavy atom. The first-order chi connectivity index (χ1) is 7.13. The minimum atomic E-state index is -0.421. The van der Waals surface area contributed by atoms with Crippen LogP contribution in [0.4, 0.5) is 4.53 Å². The van der Waals surface area contributed by atoms with Crippen LogP contribution in [-0.4, -0.2) is 35.0 Å². The highest BCUT2D eigenvalue weighted by molar-refractivity contribution is 5.23. The molecule has 6 heteroatoms. The van der Waals surface area contributed by atoms with Gasteiger partial charge in [-0.05, 0) is 11.9 Å². The number of likely N-dealkylation sites (N-methyl/N-ethyl adjacent to an activating group) is 1. The molecule has 0 aromatic carbocycles. The van der Waals surface area contributed by atoms with Gasteiger partial charge in [0.15, 0.2) is 0 Å². The Morgan fingerprint density at radius 1 is 1.60 bits per heavy atom. The summed E-state index contributed by atoms with van der Waals surface area (Å²) < 4.78 is 12.0. The Hall–Kier alpha value is -1.30. The highest BCUT2D eigenvalue weighted by atomic mass is 19.3. The van der Waals surface area contributed by atoms with Crippen molar-refractivity contribution in [3.8, 4) is 0 Å². The Kier molecular flexibility index (Phi) is 2.52. The van der Waals surface area contributed by atoms with Crippen molar-refractivity contribution < 1.29 is 9.57 Å². The smallest absolute Gasteiger partial charge is 0.305 e. The number of hydrogen-bond acceptors (Lipinski definition) is 3. The van der Waals surface area contributed by atoms with Crippen molar-refractivity contribution in [3.05, 3.63) is 21.6 Å².